The molecule has 2 nitrogen and oxygen atoms in total. The van der Waals surface area contributed by atoms with Crippen LogP contribution in [0.25, 0.3) is 11.0 Å². The molecule has 0 radical (unpaired) electrons. The molecule has 1 aliphatic carbocycles. The van der Waals surface area contributed by atoms with Crippen LogP contribution in [0.2, 0.25) is 0 Å². The molecular formula is C16H19ClF2N2. The van der Waals surface area contributed by atoms with E-state index in [1.54, 1.807) is 0 Å². The first-order valence-corrected chi connectivity index (χ1v) is 7.85. The highest BCUT2D eigenvalue weighted by Crippen LogP contribution is 2.43. The third kappa shape index (κ3) is 2.24. The van der Waals surface area contributed by atoms with Gasteiger partial charge in [-0.1, -0.05) is 13.8 Å². The van der Waals surface area contributed by atoms with Crippen molar-refractivity contribution in [3.8, 4) is 0 Å². The highest BCUT2D eigenvalue weighted by molar-refractivity contribution is 6.20. The number of fused-ring (bicyclic) bond motifs is 1. The minimum Gasteiger partial charge on any atom is -0.321 e. The molecule has 3 rings (SSSR count). The lowest BCUT2D eigenvalue weighted by molar-refractivity contribution is 0.349. The molecule has 0 amide bonds. The van der Waals surface area contributed by atoms with Gasteiger partial charge < -0.3 is 4.57 Å². The van der Waals surface area contributed by atoms with Crippen LogP contribution in [-0.4, -0.2) is 9.55 Å². The molecular weight excluding hydrogens is 294 g/mol. The number of nitrogens with zero attached hydrogens (tertiary/aromatic N) is 2. The third-order valence-electron chi connectivity index (χ3n) is 4.88. The van der Waals surface area contributed by atoms with Crippen molar-refractivity contribution in [2.45, 2.75) is 45.0 Å². The molecule has 1 aromatic carbocycles. The Kier molecular flexibility index (Phi) is 3.68. The van der Waals surface area contributed by atoms with E-state index in [1.165, 1.54) is 6.07 Å². The summed E-state index contributed by atoms with van der Waals surface area (Å²) in [5, 5.41) is -0.344. The van der Waals surface area contributed by atoms with Crippen LogP contribution < -0.4 is 0 Å². The molecule has 1 heterocycles. The van der Waals surface area contributed by atoms with E-state index in [1.807, 2.05) is 11.5 Å². The van der Waals surface area contributed by atoms with Crippen LogP contribution in [0.1, 0.15) is 50.9 Å². The Morgan fingerprint density at radius 2 is 2.00 bits per heavy atom. The van der Waals surface area contributed by atoms with Crippen molar-refractivity contribution in [1.29, 1.82) is 0 Å². The molecule has 5 heteroatoms. The zero-order valence-electron chi connectivity index (χ0n) is 12.4. The number of aromatic nitrogens is 2. The van der Waals surface area contributed by atoms with Gasteiger partial charge in [0, 0.05) is 6.04 Å². The molecule has 21 heavy (non-hydrogen) atoms. The largest absolute Gasteiger partial charge is 0.321 e. The van der Waals surface area contributed by atoms with Gasteiger partial charge in [0.25, 0.3) is 0 Å². The van der Waals surface area contributed by atoms with Gasteiger partial charge in [0.1, 0.15) is 11.3 Å². The Morgan fingerprint density at radius 1 is 1.29 bits per heavy atom. The highest BCUT2D eigenvalue weighted by Gasteiger charge is 2.35. The SMILES string of the molecule is CC(Cl)c1nc2ccc(F)c(F)c2n1C1CCC(C)C1C. The van der Waals surface area contributed by atoms with E-state index in [-0.39, 0.29) is 16.9 Å². The summed E-state index contributed by atoms with van der Waals surface area (Å²) in [6, 6.07) is 2.77. The molecule has 1 aliphatic rings. The fourth-order valence-electron chi connectivity index (χ4n) is 3.46. The maximum atomic E-state index is 14.3. The predicted octanol–water partition coefficient (Wildman–Crippen LogP) is 5.22. The van der Waals surface area contributed by atoms with Gasteiger partial charge in [-0.05, 0) is 43.7 Å². The second kappa shape index (κ2) is 5.24. The number of hydrogen-bond acceptors (Lipinski definition) is 1. The van der Waals surface area contributed by atoms with Crippen molar-refractivity contribution in [2.75, 3.05) is 0 Å². The summed E-state index contributed by atoms with van der Waals surface area (Å²) in [5.74, 6) is -0.0876. The first-order valence-electron chi connectivity index (χ1n) is 7.41. The van der Waals surface area contributed by atoms with Crippen molar-refractivity contribution in [1.82, 2.24) is 9.55 Å². The second-order valence-corrected chi connectivity index (χ2v) is 6.82. The average Bonchev–Trinajstić information content (AvgIpc) is 2.97. The van der Waals surface area contributed by atoms with Crippen LogP contribution in [0.4, 0.5) is 8.78 Å². The molecule has 1 fully saturated rings. The van der Waals surface area contributed by atoms with E-state index in [0.29, 0.717) is 23.2 Å². The Labute approximate surface area is 128 Å². The molecule has 0 aliphatic heterocycles. The Bertz CT molecular complexity index is 680. The van der Waals surface area contributed by atoms with Crippen molar-refractivity contribution >= 4 is 22.6 Å². The Hall–Kier alpha value is -1.16. The number of alkyl halides is 1. The highest BCUT2D eigenvalue weighted by atomic mass is 35.5. The van der Waals surface area contributed by atoms with Gasteiger partial charge in [-0.15, -0.1) is 11.6 Å². The molecule has 114 valence electrons. The van der Waals surface area contributed by atoms with Crippen LogP contribution in [0.3, 0.4) is 0 Å². The fourth-order valence-corrected chi connectivity index (χ4v) is 3.61. The van der Waals surface area contributed by atoms with Crippen molar-refractivity contribution in [3.05, 3.63) is 29.6 Å². The van der Waals surface area contributed by atoms with Gasteiger partial charge in [-0.25, -0.2) is 13.8 Å². The number of halogens is 3. The number of benzene rings is 1. The summed E-state index contributed by atoms with van der Waals surface area (Å²) in [6.07, 6.45) is 2.03. The van der Waals surface area contributed by atoms with Gasteiger partial charge in [0.05, 0.1) is 10.9 Å². The fraction of sp³-hybridized carbons (Fsp3) is 0.562. The van der Waals surface area contributed by atoms with Crippen LogP contribution in [0, 0.1) is 23.5 Å². The lowest BCUT2D eigenvalue weighted by Gasteiger charge is -2.23. The van der Waals surface area contributed by atoms with Crippen LogP contribution in [0.15, 0.2) is 12.1 Å². The Morgan fingerprint density at radius 3 is 2.57 bits per heavy atom. The van der Waals surface area contributed by atoms with Gasteiger partial charge in [-0.2, -0.15) is 0 Å². The molecule has 1 saturated carbocycles. The standard InChI is InChI=1S/C16H19ClF2N2/c1-8-4-7-13(9(8)2)21-15-12(20-16(21)10(3)17)6-5-11(18)14(15)19/h5-6,8-10,13H,4,7H2,1-3H3. The maximum Gasteiger partial charge on any atom is 0.184 e. The van der Waals surface area contributed by atoms with Crippen LogP contribution in [-0.2, 0) is 0 Å². The lowest BCUT2D eigenvalue weighted by atomic mass is 9.97. The monoisotopic (exact) mass is 312 g/mol. The van der Waals surface area contributed by atoms with Crippen molar-refractivity contribution < 1.29 is 8.78 Å². The van der Waals surface area contributed by atoms with E-state index in [0.717, 1.165) is 18.9 Å². The van der Waals surface area contributed by atoms with Crippen LogP contribution in [0.5, 0.6) is 0 Å². The third-order valence-corrected chi connectivity index (χ3v) is 5.08. The first-order chi connectivity index (χ1) is 9.91. The molecule has 0 N–H and O–H groups in total. The zero-order chi connectivity index (χ0) is 15.3. The van der Waals surface area contributed by atoms with E-state index < -0.39 is 11.6 Å². The van der Waals surface area contributed by atoms with E-state index >= 15 is 0 Å². The molecule has 0 saturated heterocycles. The van der Waals surface area contributed by atoms with E-state index in [4.69, 9.17) is 11.6 Å². The molecule has 1 aromatic heterocycles. The van der Waals surface area contributed by atoms with Gasteiger partial charge in [0.15, 0.2) is 11.6 Å². The summed E-state index contributed by atoms with van der Waals surface area (Å²) >= 11 is 6.23. The summed E-state index contributed by atoms with van der Waals surface area (Å²) in [4.78, 5) is 4.44. The van der Waals surface area contributed by atoms with Crippen LogP contribution >= 0.6 is 11.6 Å². The zero-order valence-corrected chi connectivity index (χ0v) is 13.2. The summed E-state index contributed by atoms with van der Waals surface area (Å²) < 4.78 is 29.8. The summed E-state index contributed by atoms with van der Waals surface area (Å²) in [7, 11) is 0. The van der Waals surface area contributed by atoms with Gasteiger partial charge >= 0.3 is 0 Å². The molecule has 0 bridgehead atoms. The number of rotatable bonds is 2. The molecule has 4 atom stereocenters. The van der Waals surface area contributed by atoms with E-state index in [9.17, 15) is 8.78 Å². The molecule has 0 spiro atoms. The van der Waals surface area contributed by atoms with Gasteiger partial charge in [-0.3, -0.25) is 0 Å². The van der Waals surface area contributed by atoms with Crippen molar-refractivity contribution in [2.24, 2.45) is 11.8 Å². The second-order valence-electron chi connectivity index (χ2n) is 6.17. The summed E-state index contributed by atoms with van der Waals surface area (Å²) in [6.45, 7) is 6.18. The molecule has 2 aromatic rings. The normalized spacial score (nSPS) is 27.4. The minimum atomic E-state index is -0.837. The average molecular weight is 313 g/mol. The topological polar surface area (TPSA) is 17.8 Å². The Balaban J connectivity index is 2.28. The lowest BCUT2D eigenvalue weighted by Crippen LogP contribution is -2.18. The van der Waals surface area contributed by atoms with Crippen molar-refractivity contribution in [3.63, 3.8) is 0 Å². The maximum absolute atomic E-state index is 14.3. The summed E-state index contributed by atoms with van der Waals surface area (Å²) in [5.41, 5.74) is 0.728. The number of hydrogen-bond donors (Lipinski definition) is 0. The van der Waals surface area contributed by atoms with Gasteiger partial charge in [0.2, 0.25) is 0 Å². The van der Waals surface area contributed by atoms with E-state index in [2.05, 4.69) is 18.8 Å². The first kappa shape index (κ1) is 14.8. The quantitative estimate of drug-likeness (QED) is 0.695. The predicted molar refractivity (Wildman–Crippen MR) is 80.5 cm³/mol. The minimum absolute atomic E-state index is 0.123. The molecule has 4 unspecified atom stereocenters. The smallest absolute Gasteiger partial charge is 0.184 e. The number of imidazole rings is 1.